The number of anilines is 2. The zero-order valence-electron chi connectivity index (χ0n) is 19.1. The molecular formula is C25H34ClN5S. The van der Waals surface area contributed by atoms with Gasteiger partial charge in [-0.25, -0.2) is 4.98 Å². The smallest absolute Gasteiger partial charge is 0.232 e. The van der Waals surface area contributed by atoms with Gasteiger partial charge in [0.1, 0.15) is 11.0 Å². The number of thiocarbonyl (C=S) groups is 1. The molecule has 2 fully saturated rings. The fourth-order valence-corrected chi connectivity index (χ4v) is 5.80. The molecule has 5 nitrogen and oxygen atoms in total. The first kappa shape index (κ1) is 23.2. The summed E-state index contributed by atoms with van der Waals surface area (Å²) in [5.74, 6) is 2.59. The van der Waals surface area contributed by atoms with Gasteiger partial charge in [-0.2, -0.15) is 4.98 Å². The molecule has 2 N–H and O–H groups in total. The Morgan fingerprint density at radius 3 is 2.47 bits per heavy atom. The zero-order chi connectivity index (χ0) is 22.6. The van der Waals surface area contributed by atoms with E-state index in [9.17, 15) is 0 Å². The normalized spacial score (nSPS) is 22.9. The molecule has 2 aliphatic rings. The largest absolute Gasteiger partial charge is 0.361 e. The van der Waals surface area contributed by atoms with Crippen LogP contribution in [-0.4, -0.2) is 34.7 Å². The van der Waals surface area contributed by atoms with Crippen molar-refractivity contribution in [2.24, 2.45) is 11.8 Å². The molecule has 2 atom stereocenters. The van der Waals surface area contributed by atoms with Crippen molar-refractivity contribution in [2.75, 3.05) is 29.9 Å². The van der Waals surface area contributed by atoms with Crippen LogP contribution in [0, 0.1) is 11.8 Å². The molecule has 1 saturated heterocycles. The van der Waals surface area contributed by atoms with E-state index in [0.29, 0.717) is 28.0 Å². The Balaban J connectivity index is 1.43. The maximum atomic E-state index is 6.34. The molecule has 0 amide bonds. The van der Waals surface area contributed by atoms with Crippen LogP contribution in [0.5, 0.6) is 0 Å². The van der Waals surface area contributed by atoms with Crippen molar-refractivity contribution >= 4 is 40.7 Å². The molecule has 1 aliphatic heterocycles. The maximum Gasteiger partial charge on any atom is 0.232 e. The monoisotopic (exact) mass is 471 g/mol. The van der Waals surface area contributed by atoms with Crippen LogP contribution in [0.15, 0.2) is 36.4 Å². The van der Waals surface area contributed by atoms with Gasteiger partial charge in [-0.05, 0) is 48.9 Å². The van der Waals surface area contributed by atoms with Gasteiger partial charge in [-0.1, -0.05) is 75.0 Å². The highest BCUT2D eigenvalue weighted by atomic mass is 35.5. The Morgan fingerprint density at radius 2 is 1.78 bits per heavy atom. The Hall–Kier alpha value is -1.92. The first-order valence-corrected chi connectivity index (χ1v) is 12.6. The van der Waals surface area contributed by atoms with Crippen molar-refractivity contribution in [3.05, 3.63) is 47.1 Å². The van der Waals surface area contributed by atoms with Gasteiger partial charge in [0.05, 0.1) is 0 Å². The molecule has 0 spiro atoms. The maximum absolute atomic E-state index is 6.34. The van der Waals surface area contributed by atoms with Crippen molar-refractivity contribution in [3.8, 4) is 0 Å². The third-order valence-corrected chi connectivity index (χ3v) is 7.32. The van der Waals surface area contributed by atoms with Gasteiger partial charge >= 0.3 is 0 Å². The molecular weight excluding hydrogens is 438 g/mol. The summed E-state index contributed by atoms with van der Waals surface area (Å²) in [4.78, 5) is 11.4. The van der Waals surface area contributed by atoms with Gasteiger partial charge in [-0.3, -0.25) is 0 Å². The number of rotatable bonds is 5. The van der Waals surface area contributed by atoms with Crippen molar-refractivity contribution in [1.82, 2.24) is 15.3 Å². The van der Waals surface area contributed by atoms with E-state index in [1.807, 2.05) is 6.07 Å². The lowest BCUT2D eigenvalue weighted by Crippen LogP contribution is -2.43. The number of hydrogen-bond donors (Lipinski definition) is 2. The van der Waals surface area contributed by atoms with E-state index in [2.05, 4.69) is 64.7 Å². The first-order valence-electron chi connectivity index (χ1n) is 11.8. The van der Waals surface area contributed by atoms with Gasteiger partial charge in [0.15, 0.2) is 5.11 Å². The molecule has 32 heavy (non-hydrogen) atoms. The zero-order valence-corrected chi connectivity index (χ0v) is 20.7. The minimum Gasteiger partial charge on any atom is -0.361 e. The van der Waals surface area contributed by atoms with Crippen molar-refractivity contribution in [1.29, 1.82) is 0 Å². The van der Waals surface area contributed by atoms with E-state index in [-0.39, 0.29) is 5.41 Å². The van der Waals surface area contributed by atoms with Crippen molar-refractivity contribution in [3.63, 3.8) is 0 Å². The predicted octanol–water partition coefficient (Wildman–Crippen LogP) is 5.80. The van der Waals surface area contributed by atoms with Gasteiger partial charge in [0.25, 0.3) is 0 Å². The number of piperidine rings is 1. The summed E-state index contributed by atoms with van der Waals surface area (Å²) in [6.07, 6.45) is 7.42. The number of nitrogens with zero attached hydrogens (tertiary/aromatic N) is 3. The quantitative estimate of drug-likeness (QED) is 0.424. The summed E-state index contributed by atoms with van der Waals surface area (Å²) in [7, 11) is 0. The van der Waals surface area contributed by atoms with Gasteiger partial charge in [-0.15, -0.1) is 0 Å². The Kier molecular flexibility index (Phi) is 7.51. The van der Waals surface area contributed by atoms with Crippen LogP contribution in [-0.2, 0) is 5.41 Å². The van der Waals surface area contributed by atoms with Crippen molar-refractivity contribution < 1.29 is 0 Å². The molecule has 1 aromatic carbocycles. The standard InChI is InChI=1S/C25H34ClN5S/c1-18-13-19(2)16-31(15-18)22-14-21(26)28-23(29-22)30-24(32)27-17-25(11-7-4-8-12-25)20-9-5-3-6-10-20/h3,5-6,9-10,14,18-19H,4,7-8,11-13,15-17H2,1-2H3,(H2,27,28,29,30,32)/t18-,19+. The summed E-state index contributed by atoms with van der Waals surface area (Å²) in [5, 5.41) is 7.61. The lowest BCUT2D eigenvalue weighted by Gasteiger charge is -2.38. The van der Waals surface area contributed by atoms with E-state index in [1.165, 1.54) is 44.1 Å². The lowest BCUT2D eigenvalue weighted by molar-refractivity contribution is 0.292. The van der Waals surface area contributed by atoms with E-state index >= 15 is 0 Å². The minimum atomic E-state index is 0.117. The highest BCUT2D eigenvalue weighted by molar-refractivity contribution is 7.80. The third-order valence-electron chi connectivity index (χ3n) is 6.88. The van der Waals surface area contributed by atoms with Crippen molar-refractivity contribution in [2.45, 2.75) is 57.8 Å². The van der Waals surface area contributed by atoms with Crippen LogP contribution >= 0.6 is 23.8 Å². The molecule has 7 heteroatoms. The summed E-state index contributed by atoms with van der Waals surface area (Å²) >= 11 is 12.0. The van der Waals surface area contributed by atoms with E-state index in [4.69, 9.17) is 28.8 Å². The van der Waals surface area contributed by atoms with Crippen LogP contribution in [0.2, 0.25) is 5.15 Å². The van der Waals surface area contributed by atoms with Crippen LogP contribution in [0.4, 0.5) is 11.8 Å². The van der Waals surface area contributed by atoms with Crippen LogP contribution < -0.4 is 15.5 Å². The third kappa shape index (κ3) is 5.70. The SMILES string of the molecule is C[C@@H]1C[C@H](C)CN(c2cc(Cl)nc(NC(=S)NCC3(c4ccccc4)CCCCC3)n2)C1. The number of hydrogen-bond acceptors (Lipinski definition) is 4. The molecule has 172 valence electrons. The summed E-state index contributed by atoms with van der Waals surface area (Å²) in [6, 6.07) is 12.7. The Morgan fingerprint density at radius 1 is 1.09 bits per heavy atom. The topological polar surface area (TPSA) is 53.1 Å². The second kappa shape index (κ2) is 10.3. The summed E-state index contributed by atoms with van der Waals surface area (Å²) < 4.78 is 0. The van der Waals surface area contributed by atoms with E-state index in [0.717, 1.165) is 25.5 Å². The number of aromatic nitrogens is 2. The molecule has 2 aromatic rings. The van der Waals surface area contributed by atoms with Gasteiger partial charge in [0.2, 0.25) is 5.95 Å². The molecule has 4 rings (SSSR count). The fourth-order valence-electron chi connectivity index (χ4n) is 5.46. The van der Waals surface area contributed by atoms with E-state index in [1.54, 1.807) is 0 Å². The second-order valence-electron chi connectivity index (χ2n) is 9.74. The number of benzene rings is 1. The average Bonchev–Trinajstić information content (AvgIpc) is 2.78. The molecule has 1 saturated carbocycles. The lowest BCUT2D eigenvalue weighted by atomic mass is 9.69. The Labute approximate surface area is 202 Å². The molecule has 0 radical (unpaired) electrons. The molecule has 2 heterocycles. The number of halogens is 1. The Bertz CT molecular complexity index is 906. The number of nitrogens with one attached hydrogen (secondary N) is 2. The second-order valence-corrected chi connectivity index (χ2v) is 10.5. The first-order chi connectivity index (χ1) is 15.4. The van der Waals surface area contributed by atoms with Crippen LogP contribution in [0.3, 0.4) is 0 Å². The van der Waals surface area contributed by atoms with Gasteiger partial charge in [0, 0.05) is 31.1 Å². The fraction of sp³-hybridized carbons (Fsp3) is 0.560. The summed E-state index contributed by atoms with van der Waals surface area (Å²) in [5.41, 5.74) is 1.51. The van der Waals surface area contributed by atoms with Crippen LogP contribution in [0.25, 0.3) is 0 Å². The van der Waals surface area contributed by atoms with Crippen LogP contribution in [0.1, 0.15) is 57.9 Å². The highest BCUT2D eigenvalue weighted by Crippen LogP contribution is 2.39. The molecule has 0 unspecified atom stereocenters. The predicted molar refractivity (Wildman–Crippen MR) is 138 cm³/mol. The average molecular weight is 472 g/mol. The minimum absolute atomic E-state index is 0.117. The highest BCUT2D eigenvalue weighted by Gasteiger charge is 2.33. The van der Waals surface area contributed by atoms with Gasteiger partial charge < -0.3 is 15.5 Å². The van der Waals surface area contributed by atoms with E-state index < -0.39 is 0 Å². The summed E-state index contributed by atoms with van der Waals surface area (Å²) in [6.45, 7) is 7.35. The molecule has 0 bridgehead atoms. The molecule has 1 aromatic heterocycles. The molecule has 1 aliphatic carbocycles.